The Morgan fingerprint density at radius 3 is 2.13 bits per heavy atom. The van der Waals surface area contributed by atoms with Crippen molar-refractivity contribution in [1.82, 2.24) is 4.90 Å². The fourth-order valence-electron chi connectivity index (χ4n) is 2.20. The van der Waals surface area contributed by atoms with Crippen LogP contribution in [0.4, 0.5) is 0 Å². The molecular weight excluding hydrogens is 188 g/mol. The molecule has 0 bridgehead atoms. The molecule has 1 atom stereocenters. The Labute approximate surface area is 93.0 Å². The molecule has 0 aromatic heterocycles. The fourth-order valence-corrected chi connectivity index (χ4v) is 2.20. The predicted octanol–water partition coefficient (Wildman–Crippen LogP) is 1.76. The number of amides is 1. The van der Waals surface area contributed by atoms with E-state index in [-0.39, 0.29) is 11.9 Å². The molecular formula is C12H24N2O. The summed E-state index contributed by atoms with van der Waals surface area (Å²) >= 11 is 0. The topological polar surface area (TPSA) is 46.3 Å². The minimum Gasteiger partial charge on any atom is -0.341 e. The zero-order valence-electron chi connectivity index (χ0n) is 10.4. The largest absolute Gasteiger partial charge is 0.341 e. The summed E-state index contributed by atoms with van der Waals surface area (Å²) in [6, 6.07) is 0.263. The van der Waals surface area contributed by atoms with Gasteiger partial charge in [-0.15, -0.1) is 0 Å². The van der Waals surface area contributed by atoms with Crippen LogP contribution in [-0.4, -0.2) is 29.4 Å². The first-order chi connectivity index (χ1) is 6.88. The maximum absolute atomic E-state index is 12.2. The predicted molar refractivity (Wildman–Crippen MR) is 62.5 cm³/mol. The summed E-state index contributed by atoms with van der Waals surface area (Å²) in [5, 5.41) is 0. The average Bonchev–Trinajstić information content (AvgIpc) is 2.62. The second-order valence-electron chi connectivity index (χ2n) is 5.26. The number of hydrogen-bond acceptors (Lipinski definition) is 2. The average molecular weight is 212 g/mol. The number of rotatable bonds is 3. The van der Waals surface area contributed by atoms with Crippen LogP contribution in [0.1, 0.15) is 46.5 Å². The van der Waals surface area contributed by atoms with E-state index in [9.17, 15) is 4.79 Å². The molecule has 1 aliphatic rings. The molecule has 0 aromatic rings. The van der Waals surface area contributed by atoms with E-state index in [1.54, 1.807) is 0 Å². The molecule has 1 rings (SSSR count). The van der Waals surface area contributed by atoms with Crippen LogP contribution in [0.15, 0.2) is 0 Å². The van der Waals surface area contributed by atoms with Crippen molar-refractivity contribution >= 4 is 5.91 Å². The van der Waals surface area contributed by atoms with Gasteiger partial charge >= 0.3 is 0 Å². The molecule has 2 N–H and O–H groups in total. The maximum Gasteiger partial charge on any atom is 0.242 e. The van der Waals surface area contributed by atoms with Gasteiger partial charge in [-0.1, -0.05) is 26.7 Å². The summed E-state index contributed by atoms with van der Waals surface area (Å²) < 4.78 is 0. The lowest BCUT2D eigenvalue weighted by Crippen LogP contribution is -2.55. The summed E-state index contributed by atoms with van der Waals surface area (Å²) in [7, 11) is 1.87. The molecule has 0 aliphatic heterocycles. The number of hydrogen-bond donors (Lipinski definition) is 1. The zero-order chi connectivity index (χ0) is 11.6. The monoisotopic (exact) mass is 212 g/mol. The van der Waals surface area contributed by atoms with Gasteiger partial charge in [-0.3, -0.25) is 4.79 Å². The highest BCUT2D eigenvalue weighted by molar-refractivity contribution is 5.86. The van der Waals surface area contributed by atoms with E-state index in [1.807, 2.05) is 11.9 Å². The van der Waals surface area contributed by atoms with Gasteiger partial charge in [0.1, 0.15) is 0 Å². The lowest BCUT2D eigenvalue weighted by Gasteiger charge is -2.34. The Balaban J connectivity index is 2.67. The first kappa shape index (κ1) is 12.5. The van der Waals surface area contributed by atoms with E-state index in [4.69, 9.17) is 5.73 Å². The van der Waals surface area contributed by atoms with E-state index in [0.717, 1.165) is 25.7 Å². The minimum absolute atomic E-state index is 0.126. The lowest BCUT2D eigenvalue weighted by atomic mass is 9.95. The van der Waals surface area contributed by atoms with Gasteiger partial charge in [0.25, 0.3) is 0 Å². The summed E-state index contributed by atoms with van der Waals surface area (Å²) in [5.41, 5.74) is 5.58. The van der Waals surface area contributed by atoms with Crippen LogP contribution in [0.5, 0.6) is 0 Å². The quantitative estimate of drug-likeness (QED) is 0.775. The van der Waals surface area contributed by atoms with E-state index in [0.29, 0.717) is 5.92 Å². The van der Waals surface area contributed by atoms with Crippen molar-refractivity contribution in [2.75, 3.05) is 7.05 Å². The van der Waals surface area contributed by atoms with Crippen molar-refractivity contribution in [3.63, 3.8) is 0 Å². The van der Waals surface area contributed by atoms with Crippen molar-refractivity contribution in [1.29, 1.82) is 0 Å². The van der Waals surface area contributed by atoms with Crippen LogP contribution in [0.2, 0.25) is 0 Å². The number of likely N-dealkylation sites (N-methyl/N-ethyl adjacent to an activating group) is 1. The van der Waals surface area contributed by atoms with Crippen LogP contribution < -0.4 is 5.73 Å². The molecule has 88 valence electrons. The zero-order valence-corrected chi connectivity index (χ0v) is 10.4. The Morgan fingerprint density at radius 1 is 1.27 bits per heavy atom. The number of carbonyl (C=O) groups is 1. The third kappa shape index (κ3) is 2.51. The molecule has 3 nitrogen and oxygen atoms in total. The Bertz CT molecular complexity index is 232. The van der Waals surface area contributed by atoms with E-state index in [1.165, 1.54) is 0 Å². The fraction of sp³-hybridized carbons (Fsp3) is 0.917. The van der Waals surface area contributed by atoms with Crippen molar-refractivity contribution in [2.45, 2.75) is 58.0 Å². The van der Waals surface area contributed by atoms with Gasteiger partial charge in [0, 0.05) is 13.1 Å². The summed E-state index contributed by atoms with van der Waals surface area (Å²) in [6.07, 6.45) is 3.88. The van der Waals surface area contributed by atoms with Gasteiger partial charge in [0.15, 0.2) is 0 Å². The van der Waals surface area contributed by atoms with Crippen molar-refractivity contribution in [2.24, 2.45) is 11.7 Å². The molecule has 1 amide bonds. The first-order valence-corrected chi connectivity index (χ1v) is 5.94. The molecule has 3 heteroatoms. The Morgan fingerprint density at radius 2 is 1.73 bits per heavy atom. The minimum atomic E-state index is -0.572. The van der Waals surface area contributed by atoms with Gasteiger partial charge < -0.3 is 10.6 Å². The SMILES string of the molecule is CC(C)C(C)N(C)C(=O)C1(N)CCCC1. The van der Waals surface area contributed by atoms with E-state index < -0.39 is 5.54 Å². The van der Waals surface area contributed by atoms with E-state index in [2.05, 4.69) is 20.8 Å². The lowest BCUT2D eigenvalue weighted by molar-refractivity contribution is -0.138. The second kappa shape index (κ2) is 4.52. The van der Waals surface area contributed by atoms with E-state index >= 15 is 0 Å². The van der Waals surface area contributed by atoms with Crippen LogP contribution >= 0.6 is 0 Å². The maximum atomic E-state index is 12.2. The molecule has 1 unspecified atom stereocenters. The van der Waals surface area contributed by atoms with Crippen LogP contribution in [-0.2, 0) is 4.79 Å². The van der Waals surface area contributed by atoms with Crippen LogP contribution in [0, 0.1) is 5.92 Å². The van der Waals surface area contributed by atoms with Gasteiger partial charge in [0.05, 0.1) is 5.54 Å². The molecule has 1 aliphatic carbocycles. The second-order valence-corrected chi connectivity index (χ2v) is 5.26. The third-order valence-electron chi connectivity index (χ3n) is 3.82. The molecule has 0 aromatic carbocycles. The molecule has 0 spiro atoms. The molecule has 0 heterocycles. The van der Waals surface area contributed by atoms with Gasteiger partial charge in [0.2, 0.25) is 5.91 Å². The Hall–Kier alpha value is -0.570. The summed E-state index contributed by atoms with van der Waals surface area (Å²) in [4.78, 5) is 14.0. The normalized spacial score (nSPS) is 21.7. The highest BCUT2D eigenvalue weighted by Crippen LogP contribution is 2.29. The number of carbonyl (C=O) groups excluding carboxylic acids is 1. The number of nitrogens with two attached hydrogens (primary N) is 1. The highest BCUT2D eigenvalue weighted by Gasteiger charge is 2.40. The van der Waals surface area contributed by atoms with Gasteiger partial charge in [-0.25, -0.2) is 0 Å². The number of nitrogens with zero attached hydrogens (tertiary/aromatic N) is 1. The molecule has 0 radical (unpaired) electrons. The Kier molecular flexibility index (Phi) is 3.77. The first-order valence-electron chi connectivity index (χ1n) is 5.94. The van der Waals surface area contributed by atoms with Gasteiger partial charge in [-0.05, 0) is 25.7 Å². The van der Waals surface area contributed by atoms with Crippen molar-refractivity contribution in [3.8, 4) is 0 Å². The van der Waals surface area contributed by atoms with Crippen LogP contribution in [0.25, 0.3) is 0 Å². The molecule has 1 fully saturated rings. The third-order valence-corrected chi connectivity index (χ3v) is 3.82. The smallest absolute Gasteiger partial charge is 0.242 e. The summed E-state index contributed by atoms with van der Waals surface area (Å²) in [6.45, 7) is 6.35. The van der Waals surface area contributed by atoms with Crippen molar-refractivity contribution in [3.05, 3.63) is 0 Å². The highest BCUT2D eigenvalue weighted by atomic mass is 16.2. The molecule has 15 heavy (non-hydrogen) atoms. The summed E-state index contributed by atoms with van der Waals surface area (Å²) in [5.74, 6) is 0.602. The van der Waals surface area contributed by atoms with Crippen molar-refractivity contribution < 1.29 is 4.79 Å². The van der Waals surface area contributed by atoms with Gasteiger partial charge in [-0.2, -0.15) is 0 Å². The standard InChI is InChI=1S/C12H24N2O/c1-9(2)10(3)14(4)11(15)12(13)7-5-6-8-12/h9-10H,5-8,13H2,1-4H3. The molecule has 1 saturated carbocycles. The molecule has 0 saturated heterocycles. The van der Waals surface area contributed by atoms with Crippen LogP contribution in [0.3, 0.4) is 0 Å².